The lowest BCUT2D eigenvalue weighted by atomic mass is 9.98. The van der Waals surface area contributed by atoms with Crippen molar-refractivity contribution >= 4 is 11.8 Å². The zero-order valence-corrected chi connectivity index (χ0v) is 13.2. The smallest absolute Gasteiger partial charge is 0.426 e. The summed E-state index contributed by atoms with van der Waals surface area (Å²) in [4.78, 5) is 13.6. The zero-order valence-electron chi connectivity index (χ0n) is 13.2. The van der Waals surface area contributed by atoms with Crippen molar-refractivity contribution in [3.8, 4) is 12.0 Å². The van der Waals surface area contributed by atoms with Crippen LogP contribution in [0.15, 0.2) is 30.3 Å². The Balaban J connectivity index is 3.08. The quantitative estimate of drug-likeness (QED) is 0.559. The predicted molar refractivity (Wildman–Crippen MR) is 82.4 cm³/mol. The molecule has 0 aliphatic rings. The van der Waals surface area contributed by atoms with E-state index < -0.39 is 11.7 Å². The molecule has 0 atom stereocenters. The largest absolute Gasteiger partial charge is 0.443 e. The van der Waals surface area contributed by atoms with Gasteiger partial charge in [-0.3, -0.25) is 0 Å². The SMILES string of the molecule is CC(C)(C)C#CN(C(=O)OC(C)(C)C)c1ccccc1. The zero-order chi connectivity index (χ0) is 15.4. The number of rotatable bonds is 1. The van der Waals surface area contributed by atoms with E-state index in [1.165, 1.54) is 4.90 Å². The number of hydrogen-bond acceptors (Lipinski definition) is 2. The normalized spacial score (nSPS) is 11.3. The highest BCUT2D eigenvalue weighted by molar-refractivity contribution is 5.91. The second kappa shape index (κ2) is 6.00. The Morgan fingerprint density at radius 3 is 2.05 bits per heavy atom. The third-order valence-corrected chi connectivity index (χ3v) is 2.13. The van der Waals surface area contributed by atoms with Crippen LogP contribution in [0.5, 0.6) is 0 Å². The van der Waals surface area contributed by atoms with Crippen LogP contribution in [-0.4, -0.2) is 11.7 Å². The second-order valence-corrected chi connectivity index (χ2v) is 6.64. The lowest BCUT2D eigenvalue weighted by Crippen LogP contribution is -2.34. The van der Waals surface area contributed by atoms with E-state index >= 15 is 0 Å². The van der Waals surface area contributed by atoms with Crippen LogP contribution < -0.4 is 4.90 Å². The van der Waals surface area contributed by atoms with Gasteiger partial charge in [0.1, 0.15) is 5.60 Å². The topological polar surface area (TPSA) is 29.5 Å². The molecule has 0 unspecified atom stereocenters. The average molecular weight is 273 g/mol. The molecular weight excluding hydrogens is 250 g/mol. The number of amides is 1. The molecule has 20 heavy (non-hydrogen) atoms. The number of benzene rings is 1. The van der Waals surface area contributed by atoms with Gasteiger partial charge in [0.05, 0.1) is 5.69 Å². The van der Waals surface area contributed by atoms with Gasteiger partial charge in [-0.2, -0.15) is 0 Å². The van der Waals surface area contributed by atoms with Crippen molar-refractivity contribution in [1.82, 2.24) is 0 Å². The van der Waals surface area contributed by atoms with Crippen LogP contribution in [0, 0.1) is 17.4 Å². The molecule has 3 heteroatoms. The van der Waals surface area contributed by atoms with E-state index in [0.29, 0.717) is 5.69 Å². The lowest BCUT2D eigenvalue weighted by Gasteiger charge is -2.24. The summed E-state index contributed by atoms with van der Waals surface area (Å²) in [5, 5.41) is 0. The molecule has 0 aliphatic heterocycles. The van der Waals surface area contributed by atoms with Gasteiger partial charge in [0.25, 0.3) is 0 Å². The van der Waals surface area contributed by atoms with Gasteiger partial charge in [-0.25, -0.2) is 9.69 Å². The molecule has 0 heterocycles. The van der Waals surface area contributed by atoms with Crippen LogP contribution >= 0.6 is 0 Å². The maximum Gasteiger partial charge on any atom is 0.426 e. The van der Waals surface area contributed by atoms with E-state index in [1.807, 2.05) is 71.9 Å². The fourth-order valence-electron chi connectivity index (χ4n) is 1.32. The summed E-state index contributed by atoms with van der Waals surface area (Å²) in [7, 11) is 0. The molecule has 108 valence electrons. The number of ether oxygens (including phenoxy) is 1. The number of anilines is 1. The Hall–Kier alpha value is -1.95. The monoisotopic (exact) mass is 273 g/mol. The lowest BCUT2D eigenvalue weighted by molar-refractivity contribution is 0.0600. The summed E-state index contributed by atoms with van der Waals surface area (Å²) in [5.41, 5.74) is -0.0266. The highest BCUT2D eigenvalue weighted by atomic mass is 16.6. The first kappa shape index (κ1) is 16.1. The van der Waals surface area contributed by atoms with Gasteiger partial charge in [-0.15, -0.1) is 0 Å². The third kappa shape index (κ3) is 5.79. The Kier molecular flexibility index (Phi) is 4.83. The average Bonchev–Trinajstić information content (AvgIpc) is 2.26. The molecule has 0 radical (unpaired) electrons. The third-order valence-electron chi connectivity index (χ3n) is 2.13. The van der Waals surface area contributed by atoms with Gasteiger partial charge in [0, 0.05) is 11.5 Å². The van der Waals surface area contributed by atoms with E-state index in [-0.39, 0.29) is 5.41 Å². The molecule has 0 N–H and O–H groups in total. The van der Waals surface area contributed by atoms with Gasteiger partial charge in [0.2, 0.25) is 0 Å². The summed E-state index contributed by atoms with van der Waals surface area (Å²) in [6.45, 7) is 11.5. The molecule has 3 nitrogen and oxygen atoms in total. The molecule has 0 fully saturated rings. The molecule has 0 bridgehead atoms. The van der Waals surface area contributed by atoms with E-state index in [2.05, 4.69) is 12.0 Å². The highest BCUT2D eigenvalue weighted by Crippen LogP contribution is 2.18. The first-order valence-electron chi connectivity index (χ1n) is 6.69. The first-order chi connectivity index (χ1) is 9.08. The summed E-state index contributed by atoms with van der Waals surface area (Å²) in [6, 6.07) is 12.2. The second-order valence-electron chi connectivity index (χ2n) is 6.64. The summed E-state index contributed by atoms with van der Waals surface area (Å²) in [6.07, 6.45) is -0.458. The standard InChI is InChI=1S/C17H23NO2/c1-16(2,3)12-13-18(14-10-8-7-9-11-14)15(19)20-17(4,5)6/h7-11H,1-6H3. The number of carbonyl (C=O) groups is 1. The van der Waals surface area contributed by atoms with Gasteiger partial charge in [-0.1, -0.05) is 24.1 Å². The van der Waals surface area contributed by atoms with E-state index in [9.17, 15) is 4.79 Å². The number of hydrogen-bond donors (Lipinski definition) is 0. The van der Waals surface area contributed by atoms with Crippen LogP contribution in [0.2, 0.25) is 0 Å². The van der Waals surface area contributed by atoms with Gasteiger partial charge in [0.15, 0.2) is 0 Å². The minimum Gasteiger partial charge on any atom is -0.443 e. The molecule has 0 saturated heterocycles. The van der Waals surface area contributed by atoms with Crippen molar-refractivity contribution in [2.45, 2.75) is 47.1 Å². The van der Waals surface area contributed by atoms with Crippen LogP contribution in [-0.2, 0) is 4.74 Å². The van der Waals surface area contributed by atoms with Gasteiger partial charge < -0.3 is 4.74 Å². The van der Waals surface area contributed by atoms with Crippen molar-refractivity contribution in [3.05, 3.63) is 30.3 Å². The highest BCUT2D eigenvalue weighted by Gasteiger charge is 2.22. The Morgan fingerprint density at radius 1 is 1.05 bits per heavy atom. The van der Waals surface area contributed by atoms with E-state index in [1.54, 1.807) is 0 Å². The van der Waals surface area contributed by atoms with Crippen molar-refractivity contribution in [3.63, 3.8) is 0 Å². The number of nitrogens with zero attached hydrogens (tertiary/aromatic N) is 1. The maximum atomic E-state index is 12.3. The van der Waals surface area contributed by atoms with E-state index in [0.717, 1.165) is 0 Å². The molecule has 1 rings (SSSR count). The van der Waals surface area contributed by atoms with Crippen molar-refractivity contribution in [1.29, 1.82) is 0 Å². The molecule has 1 aromatic carbocycles. The Bertz CT molecular complexity index is 510. The molecule has 0 spiro atoms. The fraction of sp³-hybridized carbons (Fsp3) is 0.471. The van der Waals surface area contributed by atoms with E-state index in [4.69, 9.17) is 4.74 Å². The molecule has 0 aliphatic carbocycles. The van der Waals surface area contributed by atoms with Crippen LogP contribution in [0.1, 0.15) is 41.5 Å². The van der Waals surface area contributed by atoms with Crippen molar-refractivity contribution < 1.29 is 9.53 Å². The Labute approximate surface area is 121 Å². The molecule has 0 aromatic heterocycles. The van der Waals surface area contributed by atoms with Gasteiger partial charge in [-0.05, 0) is 53.7 Å². The maximum absolute atomic E-state index is 12.3. The minimum atomic E-state index is -0.548. The molecule has 0 saturated carbocycles. The van der Waals surface area contributed by atoms with Crippen LogP contribution in [0.3, 0.4) is 0 Å². The number of para-hydroxylation sites is 1. The predicted octanol–water partition coefficient (Wildman–Crippen LogP) is 4.44. The fourth-order valence-corrected chi connectivity index (χ4v) is 1.32. The van der Waals surface area contributed by atoms with Crippen LogP contribution in [0.25, 0.3) is 0 Å². The first-order valence-corrected chi connectivity index (χ1v) is 6.69. The van der Waals surface area contributed by atoms with Crippen molar-refractivity contribution in [2.75, 3.05) is 4.90 Å². The number of carbonyl (C=O) groups excluding carboxylic acids is 1. The molecular formula is C17H23NO2. The summed E-state index contributed by atoms with van der Waals surface area (Å²) < 4.78 is 5.40. The van der Waals surface area contributed by atoms with Crippen LogP contribution in [0.4, 0.5) is 10.5 Å². The Morgan fingerprint density at radius 2 is 1.60 bits per heavy atom. The molecule has 1 aromatic rings. The van der Waals surface area contributed by atoms with Gasteiger partial charge >= 0.3 is 6.09 Å². The summed E-state index contributed by atoms with van der Waals surface area (Å²) >= 11 is 0. The minimum absolute atomic E-state index is 0.185. The van der Waals surface area contributed by atoms with Crippen molar-refractivity contribution in [2.24, 2.45) is 5.41 Å². The summed E-state index contributed by atoms with van der Waals surface area (Å²) in [5.74, 6) is 3.06. The molecule has 1 amide bonds.